The average Bonchev–Trinajstić information content (AvgIpc) is 2.61. The van der Waals surface area contributed by atoms with Crippen LogP contribution in [0.3, 0.4) is 0 Å². The van der Waals surface area contributed by atoms with Gasteiger partial charge in [-0.2, -0.15) is 0 Å². The van der Waals surface area contributed by atoms with Crippen molar-refractivity contribution in [3.05, 3.63) is 11.9 Å². The number of carbonyl (C=O) groups excluding carboxylic acids is 1. The minimum atomic E-state index is -1.01. The summed E-state index contributed by atoms with van der Waals surface area (Å²) in [7, 11) is 1.25. The topological polar surface area (TPSA) is 106 Å². The lowest BCUT2D eigenvalue weighted by molar-refractivity contribution is -0.137. The summed E-state index contributed by atoms with van der Waals surface area (Å²) in [5.41, 5.74) is 0.460. The van der Waals surface area contributed by atoms with Crippen molar-refractivity contribution in [2.24, 2.45) is 0 Å². The number of hydrogen-bond donors (Lipinski definition) is 2. The lowest BCUT2D eigenvalue weighted by atomic mass is 10.5. The molecule has 82 valence electrons. The lowest BCUT2D eigenvalue weighted by Gasteiger charge is -1.98. The van der Waals surface area contributed by atoms with Crippen LogP contribution >= 0.6 is 0 Å². The van der Waals surface area contributed by atoms with Crippen LogP contribution in [-0.2, 0) is 22.6 Å². The molecule has 1 heterocycles. The third kappa shape index (κ3) is 3.63. The van der Waals surface area contributed by atoms with E-state index in [2.05, 4.69) is 20.4 Å². The normalized spacial score (nSPS) is 9.67. The van der Waals surface area contributed by atoms with E-state index in [0.717, 1.165) is 4.68 Å². The van der Waals surface area contributed by atoms with E-state index in [1.807, 2.05) is 0 Å². The van der Waals surface area contributed by atoms with E-state index in [0.29, 0.717) is 5.69 Å². The Kier molecular flexibility index (Phi) is 3.61. The van der Waals surface area contributed by atoms with Gasteiger partial charge in [-0.3, -0.25) is 4.79 Å². The fraction of sp³-hybridized carbons (Fsp3) is 0.429. The van der Waals surface area contributed by atoms with E-state index in [-0.39, 0.29) is 13.1 Å². The standard InChI is InChI=1S/C7H10N4O4/c1-15-7(14)8-2-5-3-11(10-9-5)4-6(12)13/h3H,2,4H2,1H3,(H,8,14)(H,12,13). The third-order valence-corrected chi connectivity index (χ3v) is 1.48. The SMILES string of the molecule is COC(=O)NCc1cn(CC(=O)O)nn1. The van der Waals surface area contributed by atoms with E-state index in [1.54, 1.807) is 0 Å². The third-order valence-electron chi connectivity index (χ3n) is 1.48. The summed E-state index contributed by atoms with van der Waals surface area (Å²) in [4.78, 5) is 21.0. The van der Waals surface area contributed by atoms with Crippen molar-refractivity contribution < 1.29 is 19.4 Å². The molecule has 1 amide bonds. The summed E-state index contributed by atoms with van der Waals surface area (Å²) in [6, 6.07) is 0. The molecule has 0 unspecified atom stereocenters. The zero-order chi connectivity index (χ0) is 11.3. The van der Waals surface area contributed by atoms with Crippen molar-refractivity contribution >= 4 is 12.1 Å². The van der Waals surface area contributed by atoms with Crippen LogP contribution in [0.5, 0.6) is 0 Å². The van der Waals surface area contributed by atoms with E-state index in [4.69, 9.17) is 5.11 Å². The molecule has 15 heavy (non-hydrogen) atoms. The number of carboxylic acids is 1. The second-order valence-corrected chi connectivity index (χ2v) is 2.65. The molecule has 0 aliphatic heterocycles. The van der Waals surface area contributed by atoms with Crippen LogP contribution < -0.4 is 5.32 Å². The molecule has 0 spiro atoms. The molecule has 0 aliphatic rings. The molecule has 2 N–H and O–H groups in total. The average molecular weight is 214 g/mol. The highest BCUT2D eigenvalue weighted by Gasteiger charge is 2.05. The van der Waals surface area contributed by atoms with Gasteiger partial charge < -0.3 is 15.2 Å². The minimum absolute atomic E-state index is 0.145. The Morgan fingerprint density at radius 3 is 3.00 bits per heavy atom. The predicted octanol–water partition coefficient (Wildman–Crippen LogP) is -0.781. The molecule has 1 rings (SSSR count). The molecule has 0 radical (unpaired) electrons. The molecule has 0 aliphatic carbocycles. The second-order valence-electron chi connectivity index (χ2n) is 2.65. The van der Waals surface area contributed by atoms with E-state index in [1.165, 1.54) is 13.3 Å². The molecule has 0 bridgehead atoms. The van der Waals surface area contributed by atoms with Crippen molar-refractivity contribution in [2.75, 3.05) is 7.11 Å². The number of alkyl carbamates (subject to hydrolysis) is 1. The second kappa shape index (κ2) is 4.94. The van der Waals surface area contributed by atoms with E-state index in [9.17, 15) is 9.59 Å². The maximum absolute atomic E-state index is 10.7. The first kappa shape index (κ1) is 11.0. The molecule has 0 aromatic carbocycles. The molecule has 0 atom stereocenters. The fourth-order valence-electron chi connectivity index (χ4n) is 0.870. The van der Waals surface area contributed by atoms with Gasteiger partial charge in [-0.05, 0) is 0 Å². The number of aliphatic carboxylic acids is 1. The van der Waals surface area contributed by atoms with Crippen LogP contribution in [0.25, 0.3) is 0 Å². The number of rotatable bonds is 4. The predicted molar refractivity (Wildman–Crippen MR) is 46.9 cm³/mol. The lowest BCUT2D eigenvalue weighted by Crippen LogP contribution is -2.22. The van der Waals surface area contributed by atoms with Gasteiger partial charge in [-0.1, -0.05) is 5.21 Å². The Bertz CT molecular complexity index is 362. The summed E-state index contributed by atoms with van der Waals surface area (Å²) >= 11 is 0. The Labute approximate surface area is 84.8 Å². The Hall–Kier alpha value is -2.12. The molecule has 8 nitrogen and oxygen atoms in total. The first-order valence-corrected chi connectivity index (χ1v) is 4.04. The highest BCUT2D eigenvalue weighted by molar-refractivity contribution is 5.67. The van der Waals surface area contributed by atoms with Crippen molar-refractivity contribution in [3.63, 3.8) is 0 Å². The van der Waals surface area contributed by atoms with Gasteiger partial charge in [0, 0.05) is 0 Å². The van der Waals surface area contributed by atoms with Gasteiger partial charge in [0.15, 0.2) is 0 Å². The van der Waals surface area contributed by atoms with Crippen molar-refractivity contribution in [3.8, 4) is 0 Å². The van der Waals surface area contributed by atoms with Crippen LogP contribution in [0.4, 0.5) is 4.79 Å². The van der Waals surface area contributed by atoms with Gasteiger partial charge in [-0.15, -0.1) is 5.10 Å². The molecule has 0 saturated heterocycles. The zero-order valence-electron chi connectivity index (χ0n) is 8.01. The van der Waals surface area contributed by atoms with Gasteiger partial charge in [0.1, 0.15) is 12.2 Å². The molecule has 1 aromatic rings. The number of nitrogens with zero attached hydrogens (tertiary/aromatic N) is 3. The van der Waals surface area contributed by atoms with E-state index >= 15 is 0 Å². The molecular formula is C7H10N4O4. The Morgan fingerprint density at radius 2 is 2.40 bits per heavy atom. The highest BCUT2D eigenvalue weighted by Crippen LogP contribution is 1.92. The van der Waals surface area contributed by atoms with Gasteiger partial charge in [0.05, 0.1) is 19.9 Å². The van der Waals surface area contributed by atoms with Crippen LogP contribution in [0.1, 0.15) is 5.69 Å². The number of ether oxygens (including phenoxy) is 1. The first-order chi connectivity index (χ1) is 7.11. The van der Waals surface area contributed by atoms with Gasteiger partial charge >= 0.3 is 12.1 Å². The Balaban J connectivity index is 2.46. The van der Waals surface area contributed by atoms with Crippen LogP contribution in [-0.4, -0.2) is 39.3 Å². The molecule has 0 saturated carbocycles. The number of nitrogens with one attached hydrogen (secondary N) is 1. The van der Waals surface area contributed by atoms with Crippen LogP contribution in [0.15, 0.2) is 6.20 Å². The van der Waals surface area contributed by atoms with Crippen molar-refractivity contribution in [2.45, 2.75) is 13.1 Å². The maximum atomic E-state index is 10.7. The highest BCUT2D eigenvalue weighted by atomic mass is 16.5. The summed E-state index contributed by atoms with van der Waals surface area (Å²) in [6.07, 6.45) is 0.854. The van der Waals surface area contributed by atoms with Gasteiger partial charge in [0.2, 0.25) is 0 Å². The molecule has 0 fully saturated rings. The summed E-state index contributed by atoms with van der Waals surface area (Å²) in [6.45, 7) is -0.114. The van der Waals surface area contributed by atoms with E-state index < -0.39 is 12.1 Å². The Morgan fingerprint density at radius 1 is 1.67 bits per heavy atom. The van der Waals surface area contributed by atoms with Crippen LogP contribution in [0, 0.1) is 0 Å². The number of amides is 1. The quantitative estimate of drug-likeness (QED) is 0.680. The van der Waals surface area contributed by atoms with Gasteiger partial charge in [-0.25, -0.2) is 9.48 Å². The zero-order valence-corrected chi connectivity index (χ0v) is 8.01. The number of aromatic nitrogens is 3. The maximum Gasteiger partial charge on any atom is 0.407 e. The summed E-state index contributed by atoms with van der Waals surface area (Å²) < 4.78 is 5.51. The molecular weight excluding hydrogens is 204 g/mol. The number of carboxylic acid groups (broad SMARTS) is 1. The first-order valence-electron chi connectivity index (χ1n) is 4.04. The van der Waals surface area contributed by atoms with Crippen molar-refractivity contribution in [1.82, 2.24) is 20.3 Å². The number of methoxy groups -OCH3 is 1. The fourth-order valence-corrected chi connectivity index (χ4v) is 0.870. The number of carbonyl (C=O) groups is 2. The van der Waals surface area contributed by atoms with Crippen molar-refractivity contribution in [1.29, 1.82) is 0 Å². The monoisotopic (exact) mass is 214 g/mol. The largest absolute Gasteiger partial charge is 0.480 e. The molecule has 1 aromatic heterocycles. The van der Waals surface area contributed by atoms with Gasteiger partial charge in [0.25, 0.3) is 0 Å². The summed E-state index contributed by atoms with van der Waals surface area (Å²) in [5, 5.41) is 18.1. The summed E-state index contributed by atoms with van der Waals surface area (Å²) in [5.74, 6) is -1.01. The minimum Gasteiger partial charge on any atom is -0.480 e. The number of hydrogen-bond acceptors (Lipinski definition) is 5. The molecule has 8 heteroatoms. The van der Waals surface area contributed by atoms with Crippen LogP contribution in [0.2, 0.25) is 0 Å². The smallest absolute Gasteiger partial charge is 0.407 e.